The summed E-state index contributed by atoms with van der Waals surface area (Å²) < 4.78 is 52.0. The van der Waals surface area contributed by atoms with E-state index in [1.54, 1.807) is 42.5 Å². The molecule has 0 aliphatic carbocycles. The van der Waals surface area contributed by atoms with Gasteiger partial charge in [0.25, 0.3) is 5.89 Å². The van der Waals surface area contributed by atoms with E-state index in [0.29, 0.717) is 28.6 Å². The van der Waals surface area contributed by atoms with E-state index in [9.17, 15) is 8.42 Å². The summed E-state index contributed by atoms with van der Waals surface area (Å²) >= 11 is 0. The highest BCUT2D eigenvalue weighted by Gasteiger charge is 2.21. The molecule has 0 radical (unpaired) electrons. The fourth-order valence-electron chi connectivity index (χ4n) is 3.10. The van der Waals surface area contributed by atoms with Crippen LogP contribution in [0.2, 0.25) is 0 Å². The van der Waals surface area contributed by atoms with E-state index >= 15 is 0 Å². The molecule has 158 valence electrons. The normalized spacial score (nSPS) is 12.8. The van der Waals surface area contributed by atoms with E-state index in [0.717, 1.165) is 0 Å². The van der Waals surface area contributed by atoms with E-state index in [1.165, 1.54) is 19.2 Å². The number of hydrogen-bond acceptors (Lipinski definition) is 9. The molecule has 5 rings (SSSR count). The highest BCUT2D eigenvalue weighted by atomic mass is 32.2. The number of furan rings is 1. The monoisotopic (exact) mass is 440 g/mol. The van der Waals surface area contributed by atoms with E-state index < -0.39 is 9.84 Å². The van der Waals surface area contributed by atoms with Crippen LogP contribution in [-0.4, -0.2) is 32.5 Å². The Morgan fingerprint density at radius 2 is 1.81 bits per heavy atom. The van der Waals surface area contributed by atoms with Crippen LogP contribution in [0.4, 0.5) is 0 Å². The molecule has 4 aromatic rings. The van der Waals surface area contributed by atoms with E-state index in [2.05, 4.69) is 10.1 Å². The largest absolute Gasteiger partial charge is 0.497 e. The first-order chi connectivity index (χ1) is 15.0. The molecule has 0 atom stereocenters. The number of ether oxygens (including phenoxy) is 3. The Balaban J connectivity index is 1.35. The Hall–Kier alpha value is -3.79. The summed E-state index contributed by atoms with van der Waals surface area (Å²) in [6, 6.07) is 14.6. The van der Waals surface area contributed by atoms with Gasteiger partial charge in [0, 0.05) is 5.56 Å². The average Bonchev–Trinajstić information content (AvgIpc) is 3.53. The van der Waals surface area contributed by atoms with Crippen molar-refractivity contribution >= 4 is 9.84 Å². The SMILES string of the molecule is COc1ccc(S(=O)(=O)Cc2ccc(-c3nc(-c4ccc5c(c4)OCO5)no3)o2)cc1. The molecule has 0 N–H and O–H groups in total. The summed E-state index contributed by atoms with van der Waals surface area (Å²) in [5.41, 5.74) is 0.688. The summed E-state index contributed by atoms with van der Waals surface area (Å²) in [7, 11) is -2.08. The van der Waals surface area contributed by atoms with Gasteiger partial charge in [0.2, 0.25) is 12.6 Å². The van der Waals surface area contributed by atoms with Gasteiger partial charge >= 0.3 is 0 Å². The van der Waals surface area contributed by atoms with Gasteiger partial charge in [-0.2, -0.15) is 4.98 Å². The van der Waals surface area contributed by atoms with Gasteiger partial charge in [-0.1, -0.05) is 5.16 Å². The summed E-state index contributed by atoms with van der Waals surface area (Å²) in [5.74, 6) is 2.55. The van der Waals surface area contributed by atoms with Gasteiger partial charge in [0.05, 0.1) is 12.0 Å². The second-order valence-corrected chi connectivity index (χ2v) is 8.68. The third kappa shape index (κ3) is 3.73. The first kappa shape index (κ1) is 19.2. The topological polar surface area (TPSA) is 114 Å². The fraction of sp³-hybridized carbons (Fsp3) is 0.143. The van der Waals surface area contributed by atoms with Crippen LogP contribution >= 0.6 is 0 Å². The number of hydrogen-bond donors (Lipinski definition) is 0. The van der Waals surface area contributed by atoms with Gasteiger partial charge in [-0.05, 0) is 54.6 Å². The average molecular weight is 440 g/mol. The van der Waals surface area contributed by atoms with Crippen molar-refractivity contribution in [3.8, 4) is 40.3 Å². The van der Waals surface area contributed by atoms with Crippen molar-refractivity contribution in [2.45, 2.75) is 10.6 Å². The molecule has 1 aliphatic heterocycles. The van der Waals surface area contributed by atoms with Gasteiger partial charge in [-0.25, -0.2) is 8.42 Å². The molecule has 9 nitrogen and oxygen atoms in total. The van der Waals surface area contributed by atoms with Gasteiger partial charge in [0.1, 0.15) is 17.3 Å². The van der Waals surface area contributed by atoms with Crippen molar-refractivity contribution in [3.63, 3.8) is 0 Å². The number of sulfone groups is 1. The lowest BCUT2D eigenvalue weighted by Gasteiger charge is -2.04. The molecule has 0 bridgehead atoms. The molecule has 0 spiro atoms. The lowest BCUT2D eigenvalue weighted by atomic mass is 10.2. The Morgan fingerprint density at radius 3 is 2.61 bits per heavy atom. The van der Waals surface area contributed by atoms with Crippen LogP contribution in [0.3, 0.4) is 0 Å². The van der Waals surface area contributed by atoms with Crippen molar-refractivity contribution in [1.29, 1.82) is 0 Å². The van der Waals surface area contributed by atoms with E-state index in [-0.39, 0.29) is 34.9 Å². The van der Waals surface area contributed by atoms with Crippen LogP contribution in [0.25, 0.3) is 23.0 Å². The fourth-order valence-corrected chi connectivity index (χ4v) is 4.35. The van der Waals surface area contributed by atoms with Crippen LogP contribution in [0.1, 0.15) is 5.76 Å². The Labute approximate surface area is 177 Å². The molecule has 0 unspecified atom stereocenters. The first-order valence-corrected chi connectivity index (χ1v) is 10.9. The van der Waals surface area contributed by atoms with Crippen LogP contribution < -0.4 is 14.2 Å². The number of nitrogens with zero attached hydrogens (tertiary/aromatic N) is 2. The maximum atomic E-state index is 12.7. The molecular formula is C21H16N2O7S. The van der Waals surface area contributed by atoms with Gasteiger partial charge < -0.3 is 23.2 Å². The molecule has 0 saturated heterocycles. The van der Waals surface area contributed by atoms with Crippen LogP contribution in [0, 0.1) is 0 Å². The lowest BCUT2D eigenvalue weighted by molar-refractivity contribution is 0.174. The van der Waals surface area contributed by atoms with Crippen molar-refractivity contribution in [2.24, 2.45) is 0 Å². The standard InChI is InChI=1S/C21H16N2O7S/c1-26-14-3-6-16(7-4-14)31(24,25)11-15-5-9-18(29-15)21-22-20(23-30-21)13-2-8-17-19(10-13)28-12-27-17/h2-10H,11-12H2,1H3. The number of methoxy groups -OCH3 is 1. The minimum Gasteiger partial charge on any atom is -0.497 e. The van der Waals surface area contributed by atoms with Gasteiger partial charge in [0.15, 0.2) is 27.1 Å². The quantitative estimate of drug-likeness (QED) is 0.442. The predicted octanol–water partition coefficient (Wildman–Crippen LogP) is 3.71. The summed E-state index contributed by atoms with van der Waals surface area (Å²) in [4.78, 5) is 4.51. The van der Waals surface area contributed by atoms with Crippen molar-refractivity contribution < 1.29 is 31.6 Å². The van der Waals surface area contributed by atoms with Crippen molar-refractivity contribution in [2.75, 3.05) is 13.9 Å². The second-order valence-electron chi connectivity index (χ2n) is 6.69. The third-order valence-electron chi connectivity index (χ3n) is 4.68. The second kappa shape index (κ2) is 7.47. The Kier molecular flexibility index (Phi) is 4.63. The minimum atomic E-state index is -3.59. The molecule has 3 heterocycles. The summed E-state index contributed by atoms with van der Waals surface area (Å²) in [6.07, 6.45) is 0. The molecule has 2 aromatic heterocycles. The van der Waals surface area contributed by atoms with E-state index in [1.807, 2.05) is 0 Å². The Bertz CT molecular complexity index is 1340. The molecule has 10 heteroatoms. The maximum absolute atomic E-state index is 12.7. The minimum absolute atomic E-state index is 0.140. The van der Waals surface area contributed by atoms with Gasteiger partial charge in [-0.15, -0.1) is 0 Å². The maximum Gasteiger partial charge on any atom is 0.293 e. The molecule has 31 heavy (non-hydrogen) atoms. The van der Waals surface area contributed by atoms with Gasteiger partial charge in [-0.3, -0.25) is 0 Å². The zero-order valence-electron chi connectivity index (χ0n) is 16.3. The number of fused-ring (bicyclic) bond motifs is 1. The zero-order chi connectivity index (χ0) is 21.4. The van der Waals surface area contributed by atoms with Crippen LogP contribution in [-0.2, 0) is 15.6 Å². The highest BCUT2D eigenvalue weighted by Crippen LogP contribution is 2.35. The molecule has 0 amide bonds. The number of benzene rings is 2. The predicted molar refractivity (Wildman–Crippen MR) is 107 cm³/mol. The molecule has 1 aliphatic rings. The van der Waals surface area contributed by atoms with Crippen LogP contribution in [0.5, 0.6) is 17.2 Å². The zero-order valence-corrected chi connectivity index (χ0v) is 17.1. The third-order valence-corrected chi connectivity index (χ3v) is 6.34. The molecule has 0 saturated carbocycles. The number of aromatic nitrogens is 2. The highest BCUT2D eigenvalue weighted by molar-refractivity contribution is 7.90. The lowest BCUT2D eigenvalue weighted by Crippen LogP contribution is -2.04. The molecule has 0 fully saturated rings. The molecule has 2 aromatic carbocycles. The van der Waals surface area contributed by atoms with Crippen LogP contribution in [0.15, 0.2) is 68.4 Å². The Morgan fingerprint density at radius 1 is 1.00 bits per heavy atom. The van der Waals surface area contributed by atoms with E-state index in [4.69, 9.17) is 23.2 Å². The summed E-state index contributed by atoms with van der Waals surface area (Å²) in [5, 5.41) is 3.96. The van der Waals surface area contributed by atoms with Crippen molar-refractivity contribution in [3.05, 3.63) is 60.4 Å². The smallest absolute Gasteiger partial charge is 0.293 e. The first-order valence-electron chi connectivity index (χ1n) is 9.21. The van der Waals surface area contributed by atoms with Crippen molar-refractivity contribution in [1.82, 2.24) is 10.1 Å². The summed E-state index contributed by atoms with van der Waals surface area (Å²) in [6.45, 7) is 0.172. The number of rotatable bonds is 6. The molecular weight excluding hydrogens is 424 g/mol.